The van der Waals surface area contributed by atoms with Crippen molar-refractivity contribution >= 4 is 23.4 Å². The molecule has 0 spiro atoms. The molecule has 2 aromatic rings. The summed E-state index contributed by atoms with van der Waals surface area (Å²) in [6.07, 6.45) is 4.43. The normalized spacial score (nSPS) is 10.6. The van der Waals surface area contributed by atoms with E-state index in [0.29, 0.717) is 0 Å². The van der Waals surface area contributed by atoms with Crippen LogP contribution in [0.4, 0.5) is 0 Å². The third-order valence-electron chi connectivity index (χ3n) is 2.54. The maximum Gasteiger partial charge on any atom is 0.116 e. The van der Waals surface area contributed by atoms with Gasteiger partial charge >= 0.3 is 0 Å². The molecule has 0 amide bonds. The first-order valence-electron chi connectivity index (χ1n) is 6.22. The Hall–Kier alpha value is -1.10. The highest BCUT2D eigenvalue weighted by Crippen LogP contribution is 2.31. The third kappa shape index (κ3) is 4.49. The zero-order valence-corrected chi connectivity index (χ0v) is 12.3. The van der Waals surface area contributed by atoms with Crippen molar-refractivity contribution < 1.29 is 0 Å². The molecule has 0 unspecified atom stereocenters. The van der Waals surface area contributed by atoms with Crippen LogP contribution >= 0.6 is 23.4 Å². The fourth-order valence-corrected chi connectivity index (χ4v) is 2.77. The van der Waals surface area contributed by atoms with Crippen LogP contribution in [0.2, 0.25) is 5.02 Å². The van der Waals surface area contributed by atoms with Gasteiger partial charge in [0.25, 0.3) is 0 Å². The van der Waals surface area contributed by atoms with E-state index in [9.17, 15) is 0 Å². The topological polar surface area (TPSA) is 37.8 Å². The van der Waals surface area contributed by atoms with E-state index in [2.05, 4.69) is 28.3 Å². The van der Waals surface area contributed by atoms with Crippen LogP contribution in [0.5, 0.6) is 0 Å². The highest BCUT2D eigenvalue weighted by Gasteiger charge is 2.06. The Morgan fingerprint density at radius 1 is 1.32 bits per heavy atom. The lowest BCUT2D eigenvalue weighted by molar-refractivity contribution is 0.669. The number of rotatable bonds is 6. The zero-order chi connectivity index (χ0) is 13.5. The van der Waals surface area contributed by atoms with E-state index in [0.717, 1.165) is 34.5 Å². The minimum Gasteiger partial charge on any atom is -0.313 e. The van der Waals surface area contributed by atoms with Crippen LogP contribution in [0.15, 0.2) is 46.7 Å². The summed E-state index contributed by atoms with van der Waals surface area (Å²) in [5.41, 5.74) is 1.24. The fraction of sp³-hybridized carbons (Fsp3) is 0.286. The Balaban J connectivity index is 2.15. The zero-order valence-electron chi connectivity index (χ0n) is 10.8. The summed E-state index contributed by atoms with van der Waals surface area (Å²) in [5, 5.41) is 5.08. The van der Waals surface area contributed by atoms with E-state index in [1.807, 2.05) is 18.2 Å². The summed E-state index contributed by atoms with van der Waals surface area (Å²) in [7, 11) is 0. The lowest BCUT2D eigenvalue weighted by Gasteiger charge is -2.10. The summed E-state index contributed by atoms with van der Waals surface area (Å²) in [6, 6.07) is 7.87. The molecule has 3 nitrogen and oxygen atoms in total. The maximum atomic E-state index is 6.08. The molecular weight excluding hydrogens is 278 g/mol. The van der Waals surface area contributed by atoms with E-state index in [4.69, 9.17) is 11.6 Å². The van der Waals surface area contributed by atoms with Crippen molar-refractivity contribution in [2.24, 2.45) is 0 Å². The summed E-state index contributed by atoms with van der Waals surface area (Å²) in [6.45, 7) is 4.02. The van der Waals surface area contributed by atoms with Crippen LogP contribution in [0.25, 0.3) is 0 Å². The van der Waals surface area contributed by atoms with Gasteiger partial charge in [-0.3, -0.25) is 0 Å². The van der Waals surface area contributed by atoms with Crippen LogP contribution in [0.3, 0.4) is 0 Å². The molecule has 1 aromatic carbocycles. The van der Waals surface area contributed by atoms with Crippen molar-refractivity contribution in [3.05, 3.63) is 47.4 Å². The van der Waals surface area contributed by atoms with Crippen LogP contribution in [0.1, 0.15) is 18.9 Å². The van der Waals surface area contributed by atoms with Gasteiger partial charge in [-0.25, -0.2) is 9.97 Å². The molecule has 0 bridgehead atoms. The SMILES string of the molecule is CCCNCc1ccc(Cl)cc1Sc1ccncn1. The molecule has 2 rings (SSSR count). The minimum absolute atomic E-state index is 0.746. The molecule has 5 heteroatoms. The Labute approximate surface area is 122 Å². The van der Waals surface area contributed by atoms with Gasteiger partial charge in [0.05, 0.1) is 0 Å². The lowest BCUT2D eigenvalue weighted by Crippen LogP contribution is -2.14. The molecule has 1 aromatic heterocycles. The molecule has 1 heterocycles. The monoisotopic (exact) mass is 293 g/mol. The molecule has 0 aliphatic heterocycles. The van der Waals surface area contributed by atoms with E-state index >= 15 is 0 Å². The number of benzene rings is 1. The fourth-order valence-electron chi connectivity index (χ4n) is 1.62. The summed E-state index contributed by atoms with van der Waals surface area (Å²) < 4.78 is 0. The van der Waals surface area contributed by atoms with Crippen LogP contribution in [-0.2, 0) is 6.54 Å². The van der Waals surface area contributed by atoms with Crippen molar-refractivity contribution in [3.63, 3.8) is 0 Å². The average Bonchev–Trinajstić information content (AvgIpc) is 2.43. The number of hydrogen-bond donors (Lipinski definition) is 1. The first-order valence-corrected chi connectivity index (χ1v) is 7.42. The van der Waals surface area contributed by atoms with Gasteiger partial charge in [-0.1, -0.05) is 36.4 Å². The second kappa shape index (κ2) is 7.48. The van der Waals surface area contributed by atoms with Crippen molar-refractivity contribution in [3.8, 4) is 0 Å². The maximum absolute atomic E-state index is 6.08. The summed E-state index contributed by atoms with van der Waals surface area (Å²) >= 11 is 7.69. The number of nitrogens with one attached hydrogen (secondary N) is 1. The van der Waals surface area contributed by atoms with E-state index in [1.165, 1.54) is 5.56 Å². The average molecular weight is 294 g/mol. The van der Waals surface area contributed by atoms with Crippen LogP contribution in [-0.4, -0.2) is 16.5 Å². The van der Waals surface area contributed by atoms with E-state index < -0.39 is 0 Å². The molecule has 0 atom stereocenters. The minimum atomic E-state index is 0.746. The lowest BCUT2D eigenvalue weighted by atomic mass is 10.2. The first kappa shape index (κ1) is 14.3. The van der Waals surface area contributed by atoms with E-state index in [1.54, 1.807) is 24.3 Å². The smallest absolute Gasteiger partial charge is 0.116 e. The third-order valence-corrected chi connectivity index (χ3v) is 3.83. The van der Waals surface area contributed by atoms with Crippen LogP contribution in [0, 0.1) is 0 Å². The Bertz CT molecular complexity index is 519. The molecule has 0 saturated carbocycles. The highest BCUT2D eigenvalue weighted by molar-refractivity contribution is 7.99. The van der Waals surface area contributed by atoms with Gasteiger partial charge in [-0.2, -0.15) is 0 Å². The van der Waals surface area contributed by atoms with Gasteiger partial charge < -0.3 is 5.32 Å². The predicted octanol–water partition coefficient (Wildman–Crippen LogP) is 3.78. The number of nitrogens with zero attached hydrogens (tertiary/aromatic N) is 2. The standard InChI is InChI=1S/C14H16ClN3S/c1-2-6-16-9-11-3-4-12(15)8-13(11)19-14-5-7-17-10-18-14/h3-5,7-8,10,16H,2,6,9H2,1H3. The van der Waals surface area contributed by atoms with Gasteiger partial charge in [0.2, 0.25) is 0 Å². The molecule has 0 fully saturated rings. The van der Waals surface area contributed by atoms with Crippen LogP contribution < -0.4 is 5.32 Å². The molecule has 0 aliphatic rings. The molecule has 19 heavy (non-hydrogen) atoms. The van der Waals surface area contributed by atoms with Gasteiger partial charge in [0.1, 0.15) is 11.4 Å². The molecule has 0 radical (unpaired) electrons. The van der Waals surface area contributed by atoms with Crippen molar-refractivity contribution in [1.29, 1.82) is 0 Å². The molecule has 100 valence electrons. The quantitative estimate of drug-likeness (QED) is 0.650. The van der Waals surface area contributed by atoms with Crippen molar-refractivity contribution in [1.82, 2.24) is 15.3 Å². The van der Waals surface area contributed by atoms with Gasteiger partial charge in [0, 0.05) is 22.7 Å². The Morgan fingerprint density at radius 2 is 2.21 bits per heavy atom. The predicted molar refractivity (Wildman–Crippen MR) is 79.6 cm³/mol. The molecule has 1 N–H and O–H groups in total. The number of halogens is 1. The van der Waals surface area contributed by atoms with Crippen molar-refractivity contribution in [2.75, 3.05) is 6.54 Å². The second-order valence-corrected chi connectivity index (χ2v) is 5.58. The summed E-state index contributed by atoms with van der Waals surface area (Å²) in [5.74, 6) is 0. The molecular formula is C14H16ClN3S. The van der Waals surface area contributed by atoms with Crippen molar-refractivity contribution in [2.45, 2.75) is 29.8 Å². The largest absolute Gasteiger partial charge is 0.313 e. The number of hydrogen-bond acceptors (Lipinski definition) is 4. The Morgan fingerprint density at radius 3 is 2.95 bits per heavy atom. The Kier molecular flexibility index (Phi) is 5.63. The highest BCUT2D eigenvalue weighted by atomic mass is 35.5. The first-order chi connectivity index (χ1) is 9.29. The van der Waals surface area contributed by atoms with Gasteiger partial charge in [-0.15, -0.1) is 0 Å². The van der Waals surface area contributed by atoms with E-state index in [-0.39, 0.29) is 0 Å². The summed E-state index contributed by atoms with van der Waals surface area (Å²) in [4.78, 5) is 9.29. The molecule has 0 aliphatic carbocycles. The second-order valence-electron chi connectivity index (χ2n) is 4.08. The molecule has 0 saturated heterocycles. The van der Waals surface area contributed by atoms with Gasteiger partial charge in [0.15, 0.2) is 0 Å². The number of aromatic nitrogens is 2. The van der Waals surface area contributed by atoms with Gasteiger partial charge in [-0.05, 0) is 36.7 Å².